The van der Waals surface area contributed by atoms with Crippen molar-refractivity contribution in [3.63, 3.8) is 0 Å². The lowest BCUT2D eigenvalue weighted by Gasteiger charge is -2.07. The number of primary amides is 1. The van der Waals surface area contributed by atoms with Crippen molar-refractivity contribution in [3.8, 4) is 0 Å². The zero-order valence-corrected chi connectivity index (χ0v) is 7.29. The van der Waals surface area contributed by atoms with E-state index in [0.717, 1.165) is 5.69 Å². The van der Waals surface area contributed by atoms with Crippen LogP contribution in [0.3, 0.4) is 0 Å². The van der Waals surface area contributed by atoms with E-state index in [1.54, 1.807) is 0 Å². The Balaban J connectivity index is 2.26. The molecule has 3 heteroatoms. The molecule has 1 aliphatic rings. The van der Waals surface area contributed by atoms with E-state index >= 15 is 0 Å². The van der Waals surface area contributed by atoms with Crippen molar-refractivity contribution < 1.29 is 4.79 Å². The summed E-state index contributed by atoms with van der Waals surface area (Å²) in [6.07, 6.45) is 2.44. The van der Waals surface area contributed by atoms with Gasteiger partial charge >= 0.3 is 6.03 Å². The Morgan fingerprint density at radius 2 is 2.08 bits per heavy atom. The number of nitrogens with two attached hydrogens (primary N) is 1. The van der Waals surface area contributed by atoms with Gasteiger partial charge in [-0.25, -0.2) is 4.79 Å². The van der Waals surface area contributed by atoms with Gasteiger partial charge in [-0.2, -0.15) is 0 Å². The highest BCUT2D eigenvalue weighted by atomic mass is 16.2. The first-order chi connectivity index (χ1) is 6.27. The van der Waals surface area contributed by atoms with Crippen LogP contribution in [0.1, 0.15) is 24.3 Å². The Bertz CT molecular complexity index is 331. The fraction of sp³-hybridized carbons (Fsp3) is 0.300. The molecule has 2 rings (SSSR count). The number of amides is 2. The van der Waals surface area contributed by atoms with E-state index in [-0.39, 0.29) is 0 Å². The minimum Gasteiger partial charge on any atom is -0.351 e. The first kappa shape index (κ1) is 8.10. The highest BCUT2D eigenvalue weighted by Crippen LogP contribution is 2.43. The van der Waals surface area contributed by atoms with Gasteiger partial charge in [-0.3, -0.25) is 0 Å². The second kappa shape index (κ2) is 3.09. The van der Waals surface area contributed by atoms with Crippen molar-refractivity contribution in [2.24, 2.45) is 5.73 Å². The topological polar surface area (TPSA) is 55.1 Å². The number of hydrogen-bond donors (Lipinski definition) is 2. The molecule has 0 aliphatic heterocycles. The van der Waals surface area contributed by atoms with Gasteiger partial charge < -0.3 is 11.1 Å². The van der Waals surface area contributed by atoms with Crippen LogP contribution in [0.15, 0.2) is 24.3 Å². The van der Waals surface area contributed by atoms with Crippen molar-refractivity contribution >= 4 is 11.7 Å². The summed E-state index contributed by atoms with van der Waals surface area (Å²) in [5.74, 6) is 0.628. The summed E-state index contributed by atoms with van der Waals surface area (Å²) >= 11 is 0. The first-order valence-corrected chi connectivity index (χ1v) is 4.43. The number of hydrogen-bond acceptors (Lipinski definition) is 1. The maximum absolute atomic E-state index is 10.7. The number of carbonyl (C=O) groups is 1. The molecule has 0 radical (unpaired) electrons. The van der Waals surface area contributed by atoms with Gasteiger partial charge in [-0.05, 0) is 30.4 Å². The second-order valence-electron chi connectivity index (χ2n) is 3.35. The quantitative estimate of drug-likeness (QED) is 0.712. The summed E-state index contributed by atoms with van der Waals surface area (Å²) in [7, 11) is 0. The summed E-state index contributed by atoms with van der Waals surface area (Å²) < 4.78 is 0. The number of para-hydroxylation sites is 1. The molecule has 0 bridgehead atoms. The number of nitrogens with one attached hydrogen (secondary N) is 1. The molecule has 1 aromatic rings. The molecule has 3 N–H and O–H groups in total. The van der Waals surface area contributed by atoms with Crippen LogP contribution in [-0.2, 0) is 0 Å². The molecule has 3 nitrogen and oxygen atoms in total. The fourth-order valence-corrected chi connectivity index (χ4v) is 1.49. The molecule has 0 heterocycles. The molecule has 68 valence electrons. The van der Waals surface area contributed by atoms with Crippen LogP contribution in [0.25, 0.3) is 0 Å². The van der Waals surface area contributed by atoms with E-state index in [4.69, 9.17) is 5.73 Å². The van der Waals surface area contributed by atoms with Crippen molar-refractivity contribution in [1.29, 1.82) is 0 Å². The van der Waals surface area contributed by atoms with Gasteiger partial charge in [0.1, 0.15) is 0 Å². The van der Waals surface area contributed by atoms with Crippen LogP contribution in [0, 0.1) is 0 Å². The van der Waals surface area contributed by atoms with Crippen molar-refractivity contribution in [3.05, 3.63) is 29.8 Å². The maximum atomic E-state index is 10.7. The normalized spacial score (nSPS) is 15.4. The van der Waals surface area contributed by atoms with Gasteiger partial charge in [0.05, 0.1) is 0 Å². The molecule has 1 saturated carbocycles. The fourth-order valence-electron chi connectivity index (χ4n) is 1.49. The lowest BCUT2D eigenvalue weighted by molar-refractivity contribution is 0.259. The molecule has 13 heavy (non-hydrogen) atoms. The molecule has 0 saturated heterocycles. The minimum atomic E-state index is -0.492. The Labute approximate surface area is 76.9 Å². The van der Waals surface area contributed by atoms with Crippen LogP contribution in [0.2, 0.25) is 0 Å². The standard InChI is InChI=1S/C10H12N2O/c11-10(13)12-9-4-2-1-3-8(9)7-5-6-7/h1-4,7H,5-6H2,(H3,11,12,13). The number of rotatable bonds is 2. The number of carbonyl (C=O) groups excluding carboxylic acids is 1. The predicted molar refractivity (Wildman–Crippen MR) is 51.6 cm³/mol. The van der Waals surface area contributed by atoms with Gasteiger partial charge in [0.15, 0.2) is 0 Å². The Morgan fingerprint density at radius 1 is 1.38 bits per heavy atom. The predicted octanol–water partition coefficient (Wildman–Crippen LogP) is 2.05. The van der Waals surface area contributed by atoms with Crippen molar-refractivity contribution in [2.45, 2.75) is 18.8 Å². The third-order valence-electron chi connectivity index (χ3n) is 2.24. The monoisotopic (exact) mass is 176 g/mol. The Morgan fingerprint density at radius 3 is 2.69 bits per heavy atom. The summed E-state index contributed by atoms with van der Waals surface area (Å²) in [6, 6.07) is 7.33. The van der Waals surface area contributed by atoms with Gasteiger partial charge in [0.25, 0.3) is 0 Å². The van der Waals surface area contributed by atoms with Crippen LogP contribution >= 0.6 is 0 Å². The Hall–Kier alpha value is -1.51. The SMILES string of the molecule is NC(=O)Nc1ccccc1C1CC1. The highest BCUT2D eigenvalue weighted by Gasteiger charge is 2.25. The smallest absolute Gasteiger partial charge is 0.316 e. The molecule has 1 aliphatic carbocycles. The zero-order chi connectivity index (χ0) is 9.26. The van der Waals surface area contributed by atoms with Crippen molar-refractivity contribution in [2.75, 3.05) is 5.32 Å². The van der Waals surface area contributed by atoms with E-state index in [0.29, 0.717) is 5.92 Å². The van der Waals surface area contributed by atoms with Gasteiger partial charge in [0, 0.05) is 5.69 Å². The van der Waals surface area contributed by atoms with Crippen molar-refractivity contribution in [1.82, 2.24) is 0 Å². The molecule has 0 unspecified atom stereocenters. The van der Waals surface area contributed by atoms with Gasteiger partial charge in [0.2, 0.25) is 0 Å². The lowest BCUT2D eigenvalue weighted by atomic mass is 10.1. The van der Waals surface area contributed by atoms with E-state index in [2.05, 4.69) is 5.32 Å². The third-order valence-corrected chi connectivity index (χ3v) is 2.24. The summed E-state index contributed by atoms with van der Waals surface area (Å²) in [5, 5.41) is 2.63. The highest BCUT2D eigenvalue weighted by molar-refractivity contribution is 5.88. The number of anilines is 1. The minimum absolute atomic E-state index is 0.492. The second-order valence-corrected chi connectivity index (χ2v) is 3.35. The average molecular weight is 176 g/mol. The molecule has 0 spiro atoms. The molecule has 0 aromatic heterocycles. The van der Waals surface area contributed by atoms with Gasteiger partial charge in [-0.1, -0.05) is 18.2 Å². The van der Waals surface area contributed by atoms with Crippen LogP contribution in [0.5, 0.6) is 0 Å². The van der Waals surface area contributed by atoms with Crippen LogP contribution in [0.4, 0.5) is 10.5 Å². The summed E-state index contributed by atoms with van der Waals surface area (Å²) in [5.41, 5.74) is 7.13. The summed E-state index contributed by atoms with van der Waals surface area (Å²) in [6.45, 7) is 0. The Kier molecular flexibility index (Phi) is 1.93. The van der Waals surface area contributed by atoms with E-state index < -0.39 is 6.03 Å². The lowest BCUT2D eigenvalue weighted by Crippen LogP contribution is -2.20. The largest absolute Gasteiger partial charge is 0.351 e. The molecule has 0 atom stereocenters. The molecule has 2 amide bonds. The summed E-state index contributed by atoms with van der Waals surface area (Å²) in [4.78, 5) is 10.7. The molecule has 1 fully saturated rings. The van der Waals surface area contributed by atoms with E-state index in [1.807, 2.05) is 24.3 Å². The molecular weight excluding hydrogens is 164 g/mol. The third kappa shape index (κ3) is 1.80. The van der Waals surface area contributed by atoms with Crippen LogP contribution < -0.4 is 11.1 Å². The number of urea groups is 1. The van der Waals surface area contributed by atoms with Crippen LogP contribution in [-0.4, -0.2) is 6.03 Å². The number of benzene rings is 1. The zero-order valence-electron chi connectivity index (χ0n) is 7.29. The van der Waals surface area contributed by atoms with E-state index in [1.165, 1.54) is 18.4 Å². The molecular formula is C10H12N2O. The first-order valence-electron chi connectivity index (χ1n) is 4.43. The average Bonchev–Trinajstić information content (AvgIpc) is 2.87. The van der Waals surface area contributed by atoms with E-state index in [9.17, 15) is 4.79 Å². The van der Waals surface area contributed by atoms with Gasteiger partial charge in [-0.15, -0.1) is 0 Å². The maximum Gasteiger partial charge on any atom is 0.316 e. The molecule has 1 aromatic carbocycles.